The average Bonchev–Trinajstić information content (AvgIpc) is 3.18. The van der Waals surface area contributed by atoms with Gasteiger partial charge in [0, 0.05) is 18.8 Å². The minimum absolute atomic E-state index is 0.159. The summed E-state index contributed by atoms with van der Waals surface area (Å²) in [6.07, 6.45) is 1.75. The molecular formula is C21H23FN2O4. The molecule has 28 heavy (non-hydrogen) atoms. The number of carbonyl (C=O) groups excluding carboxylic acids is 2. The average molecular weight is 386 g/mol. The van der Waals surface area contributed by atoms with Crippen molar-refractivity contribution in [1.29, 1.82) is 0 Å². The predicted octanol–water partition coefficient (Wildman–Crippen LogP) is 3.94. The first kappa shape index (κ1) is 19.7. The molecule has 1 saturated heterocycles. The number of nitrogens with zero attached hydrogens (tertiary/aromatic N) is 1. The second-order valence-corrected chi connectivity index (χ2v) is 6.69. The third-order valence-corrected chi connectivity index (χ3v) is 4.74. The number of rotatable bonds is 6. The van der Waals surface area contributed by atoms with E-state index in [1.54, 1.807) is 41.3 Å². The Labute approximate surface area is 163 Å². The van der Waals surface area contributed by atoms with Crippen LogP contribution in [0.3, 0.4) is 0 Å². The number of amides is 2. The lowest BCUT2D eigenvalue weighted by molar-refractivity contribution is 0.0600. The van der Waals surface area contributed by atoms with Gasteiger partial charge in [0.05, 0.1) is 19.3 Å². The van der Waals surface area contributed by atoms with Crippen molar-refractivity contribution in [3.8, 4) is 5.75 Å². The minimum atomic E-state index is -0.414. The number of carbonyl (C=O) groups is 2. The van der Waals surface area contributed by atoms with Crippen molar-refractivity contribution in [3.63, 3.8) is 0 Å². The van der Waals surface area contributed by atoms with Gasteiger partial charge in [-0.05, 0) is 67.3 Å². The van der Waals surface area contributed by atoms with Crippen LogP contribution >= 0.6 is 0 Å². The van der Waals surface area contributed by atoms with Gasteiger partial charge < -0.3 is 19.7 Å². The number of anilines is 1. The molecule has 2 aromatic carbocycles. The molecule has 1 unspecified atom stereocenters. The molecule has 0 saturated carbocycles. The van der Waals surface area contributed by atoms with Gasteiger partial charge in [-0.25, -0.2) is 14.0 Å². The molecule has 1 atom stereocenters. The van der Waals surface area contributed by atoms with E-state index in [-0.39, 0.29) is 11.8 Å². The first-order valence-electron chi connectivity index (χ1n) is 9.18. The summed E-state index contributed by atoms with van der Waals surface area (Å²) in [6.45, 7) is 1.88. The number of hydrogen-bond acceptors (Lipinski definition) is 4. The molecule has 0 aromatic heterocycles. The number of halogens is 1. The molecule has 0 bridgehead atoms. The van der Waals surface area contributed by atoms with Gasteiger partial charge in [-0.2, -0.15) is 0 Å². The molecule has 2 aromatic rings. The van der Waals surface area contributed by atoms with E-state index in [9.17, 15) is 14.0 Å². The number of likely N-dealkylation sites (tertiary alicyclic amines) is 1. The summed E-state index contributed by atoms with van der Waals surface area (Å²) in [5.74, 6) is 0.310. The van der Waals surface area contributed by atoms with Crippen molar-refractivity contribution in [2.24, 2.45) is 5.92 Å². The van der Waals surface area contributed by atoms with Crippen LogP contribution in [0.1, 0.15) is 23.2 Å². The Balaban J connectivity index is 1.42. The topological polar surface area (TPSA) is 67.9 Å². The second-order valence-electron chi connectivity index (χ2n) is 6.69. The highest BCUT2D eigenvalue weighted by atomic mass is 19.1. The van der Waals surface area contributed by atoms with Gasteiger partial charge in [-0.3, -0.25) is 0 Å². The quantitative estimate of drug-likeness (QED) is 0.764. The Bertz CT molecular complexity index is 808. The van der Waals surface area contributed by atoms with E-state index in [0.717, 1.165) is 12.8 Å². The van der Waals surface area contributed by atoms with Gasteiger partial charge >= 0.3 is 12.0 Å². The van der Waals surface area contributed by atoms with Crippen LogP contribution in [0.2, 0.25) is 0 Å². The summed E-state index contributed by atoms with van der Waals surface area (Å²) in [7, 11) is 1.33. The second kappa shape index (κ2) is 9.21. The lowest BCUT2D eigenvalue weighted by Crippen LogP contribution is -2.33. The number of hydrogen-bond donors (Lipinski definition) is 1. The fourth-order valence-corrected chi connectivity index (χ4v) is 3.14. The van der Waals surface area contributed by atoms with Crippen LogP contribution in [0.25, 0.3) is 0 Å². The molecular weight excluding hydrogens is 363 g/mol. The highest BCUT2D eigenvalue weighted by Gasteiger charge is 2.26. The van der Waals surface area contributed by atoms with Crippen LogP contribution < -0.4 is 10.1 Å². The molecule has 1 aliphatic heterocycles. The maximum Gasteiger partial charge on any atom is 0.337 e. The molecule has 0 spiro atoms. The van der Waals surface area contributed by atoms with Gasteiger partial charge in [0.2, 0.25) is 0 Å². The third kappa shape index (κ3) is 5.22. The van der Waals surface area contributed by atoms with Crippen molar-refractivity contribution in [2.75, 3.05) is 32.1 Å². The first-order valence-corrected chi connectivity index (χ1v) is 9.18. The van der Waals surface area contributed by atoms with E-state index in [1.807, 2.05) is 0 Å². The lowest BCUT2D eigenvalue weighted by atomic mass is 10.1. The molecule has 1 aliphatic rings. The van der Waals surface area contributed by atoms with Crippen LogP contribution in [0.4, 0.5) is 14.9 Å². The van der Waals surface area contributed by atoms with Crippen LogP contribution in [0.15, 0.2) is 48.5 Å². The molecule has 0 radical (unpaired) electrons. The van der Waals surface area contributed by atoms with Crippen molar-refractivity contribution in [2.45, 2.75) is 12.8 Å². The molecule has 1 fully saturated rings. The minimum Gasteiger partial charge on any atom is -0.494 e. The van der Waals surface area contributed by atoms with Gasteiger partial charge in [-0.15, -0.1) is 0 Å². The predicted molar refractivity (Wildman–Crippen MR) is 103 cm³/mol. The highest BCUT2D eigenvalue weighted by molar-refractivity contribution is 5.92. The maximum atomic E-state index is 12.9. The Morgan fingerprint density at radius 2 is 1.86 bits per heavy atom. The third-order valence-electron chi connectivity index (χ3n) is 4.74. The fraction of sp³-hybridized carbons (Fsp3) is 0.333. The molecule has 3 rings (SSSR count). The Morgan fingerprint density at radius 1 is 1.14 bits per heavy atom. The number of urea groups is 1. The zero-order valence-electron chi connectivity index (χ0n) is 15.7. The van der Waals surface area contributed by atoms with E-state index < -0.39 is 5.97 Å². The summed E-state index contributed by atoms with van der Waals surface area (Å²) in [6, 6.07) is 12.4. The Morgan fingerprint density at radius 3 is 2.54 bits per heavy atom. The lowest BCUT2D eigenvalue weighted by Gasteiger charge is -2.17. The molecule has 1 N–H and O–H groups in total. The molecule has 7 heteroatoms. The SMILES string of the molecule is COC(=O)c1ccc(NC(=O)N2CCC(CCOc3ccc(F)cc3)C2)cc1. The molecule has 1 heterocycles. The molecule has 0 aliphatic carbocycles. The highest BCUT2D eigenvalue weighted by Crippen LogP contribution is 2.22. The van der Waals surface area contributed by atoms with E-state index in [1.165, 1.54) is 19.2 Å². The van der Waals surface area contributed by atoms with Gasteiger partial charge in [0.25, 0.3) is 0 Å². The normalized spacial score (nSPS) is 15.9. The van der Waals surface area contributed by atoms with Crippen molar-refractivity contribution in [3.05, 3.63) is 59.9 Å². The number of ether oxygens (including phenoxy) is 2. The van der Waals surface area contributed by atoms with Crippen LogP contribution in [-0.2, 0) is 4.74 Å². The summed E-state index contributed by atoms with van der Waals surface area (Å²) in [5, 5.41) is 2.84. The number of nitrogens with one attached hydrogen (secondary N) is 1. The summed E-state index contributed by atoms with van der Waals surface area (Å²) in [4.78, 5) is 25.6. The molecule has 2 amide bonds. The molecule has 6 nitrogen and oxygen atoms in total. The first-order chi connectivity index (χ1) is 13.5. The van der Waals surface area contributed by atoms with Crippen molar-refractivity contribution >= 4 is 17.7 Å². The van der Waals surface area contributed by atoms with E-state index in [2.05, 4.69) is 10.1 Å². The summed E-state index contributed by atoms with van der Waals surface area (Å²) < 4.78 is 23.2. The Hall–Kier alpha value is -3.09. The zero-order chi connectivity index (χ0) is 19.9. The summed E-state index contributed by atoms with van der Waals surface area (Å²) in [5.41, 5.74) is 1.06. The number of methoxy groups -OCH3 is 1. The van der Waals surface area contributed by atoms with E-state index >= 15 is 0 Å². The van der Waals surface area contributed by atoms with Crippen LogP contribution in [0, 0.1) is 11.7 Å². The number of esters is 1. The number of benzene rings is 2. The van der Waals surface area contributed by atoms with Crippen molar-refractivity contribution < 1.29 is 23.5 Å². The zero-order valence-corrected chi connectivity index (χ0v) is 15.7. The molecule has 148 valence electrons. The van der Waals surface area contributed by atoms with E-state index in [0.29, 0.717) is 42.6 Å². The Kier molecular flexibility index (Phi) is 6.47. The smallest absolute Gasteiger partial charge is 0.337 e. The standard InChI is InChI=1S/C21H23FN2O4/c1-27-20(25)16-2-6-18(7-3-16)23-21(26)24-12-10-15(14-24)11-13-28-19-8-4-17(22)5-9-19/h2-9,15H,10-14H2,1H3,(H,23,26). The van der Waals surface area contributed by atoms with Gasteiger partial charge in [0.15, 0.2) is 0 Å². The fourth-order valence-electron chi connectivity index (χ4n) is 3.14. The van der Waals surface area contributed by atoms with Crippen LogP contribution in [0.5, 0.6) is 5.75 Å². The van der Waals surface area contributed by atoms with E-state index in [4.69, 9.17) is 4.74 Å². The summed E-state index contributed by atoms with van der Waals surface area (Å²) >= 11 is 0. The van der Waals surface area contributed by atoms with Crippen molar-refractivity contribution in [1.82, 2.24) is 4.90 Å². The maximum absolute atomic E-state index is 12.9. The van der Waals surface area contributed by atoms with Gasteiger partial charge in [-0.1, -0.05) is 0 Å². The van der Waals surface area contributed by atoms with Gasteiger partial charge in [0.1, 0.15) is 11.6 Å². The largest absolute Gasteiger partial charge is 0.494 e. The van der Waals surface area contributed by atoms with Crippen LogP contribution in [-0.4, -0.2) is 43.7 Å². The monoisotopic (exact) mass is 386 g/mol.